The number of fused-ring (bicyclic) bond motifs is 6. The zero-order chi connectivity index (χ0) is 30.9. The minimum Gasteiger partial charge on any atom is -1.00 e. The number of hydrogen-bond donors (Lipinski definition) is 0. The first-order valence-electron chi connectivity index (χ1n) is 18.2. The van der Waals surface area contributed by atoms with E-state index >= 15 is 0 Å². The van der Waals surface area contributed by atoms with Crippen molar-refractivity contribution in [1.82, 2.24) is 4.57 Å². The summed E-state index contributed by atoms with van der Waals surface area (Å²) in [5.41, 5.74) is 1.90. The van der Waals surface area contributed by atoms with Gasteiger partial charge < -0.3 is 31.2 Å². The zero-order valence-corrected chi connectivity index (χ0v) is 30.0. The molecule has 2 aliphatic heterocycles. The first-order chi connectivity index (χ1) is 21.6. The lowest BCUT2D eigenvalue weighted by Gasteiger charge is -2.60. The molecule has 5 aliphatic carbocycles. The number of ether oxygens (including phenoxy) is 3. The number of carbonyl (C=O) groups is 1. The lowest BCUT2D eigenvalue weighted by Crippen LogP contribution is -3.00. The van der Waals surface area contributed by atoms with Crippen LogP contribution in [0.1, 0.15) is 102 Å². The maximum atomic E-state index is 13.2. The molecule has 7 aliphatic rings. The normalized spacial score (nSPS) is 48.1. The van der Waals surface area contributed by atoms with Gasteiger partial charge in [-0.05, 0) is 122 Å². The summed E-state index contributed by atoms with van der Waals surface area (Å²) in [7, 11) is 1.66. The summed E-state index contributed by atoms with van der Waals surface area (Å²) in [6, 6.07) is 8.02. The molecule has 0 unspecified atom stereocenters. The third-order valence-corrected chi connectivity index (χ3v) is 15.7. The summed E-state index contributed by atoms with van der Waals surface area (Å²) < 4.78 is 23.6. The lowest BCUT2D eigenvalue weighted by atomic mass is 9.44. The van der Waals surface area contributed by atoms with E-state index in [1.807, 2.05) is 24.3 Å². The average molecular weight is 694 g/mol. The smallest absolute Gasteiger partial charge is 0.244 e. The molecule has 250 valence electrons. The van der Waals surface area contributed by atoms with E-state index in [-0.39, 0.29) is 28.6 Å². The maximum Gasteiger partial charge on any atom is 0.244 e. The molecular weight excluding hydrogens is 640 g/mol. The minimum absolute atomic E-state index is 0. The van der Waals surface area contributed by atoms with Crippen LogP contribution in [0.5, 0.6) is 5.75 Å². The van der Waals surface area contributed by atoms with Crippen LogP contribution in [0.4, 0.5) is 0 Å². The number of aromatic nitrogens is 2. The second-order valence-corrected chi connectivity index (χ2v) is 17.2. The Morgan fingerprint density at radius 2 is 1.85 bits per heavy atom. The first kappa shape index (κ1) is 31.6. The van der Waals surface area contributed by atoms with Crippen LogP contribution in [0.15, 0.2) is 43.0 Å². The number of methoxy groups -OCH3 is 1. The molecule has 0 amide bonds. The second kappa shape index (κ2) is 10.6. The van der Waals surface area contributed by atoms with E-state index in [1.54, 1.807) is 7.11 Å². The van der Waals surface area contributed by atoms with Gasteiger partial charge in [0.2, 0.25) is 12.1 Å². The highest BCUT2D eigenvalue weighted by Gasteiger charge is 2.79. The van der Waals surface area contributed by atoms with Gasteiger partial charge in [0.1, 0.15) is 24.2 Å². The SMILES string of the molecule is COc1ccc(C(=O)C[n+]2ccn([C@H]3C[C@H]4[C@@H]5C[C@@H]6O[C@]7(CC[C@@H](C)CO7)[C@@H](C)[C@@H]6[C@@]5(C)CC[C@@H]4[C@@]4(C)CC[C@@H]5C[C@]534)c2)cc1.[Br-]. The predicted molar refractivity (Wildman–Crippen MR) is 171 cm³/mol. The summed E-state index contributed by atoms with van der Waals surface area (Å²) in [5.74, 6) is 5.46. The number of imidazole rings is 1. The van der Waals surface area contributed by atoms with Crippen LogP contribution in [-0.4, -0.2) is 36.0 Å². The van der Waals surface area contributed by atoms with Gasteiger partial charge in [-0.15, -0.1) is 0 Å². The molecule has 7 fully saturated rings. The van der Waals surface area contributed by atoms with Gasteiger partial charge in [-0.2, -0.15) is 0 Å². The molecule has 46 heavy (non-hydrogen) atoms. The van der Waals surface area contributed by atoms with Gasteiger partial charge in [-0.25, -0.2) is 9.13 Å². The summed E-state index contributed by atoms with van der Waals surface area (Å²) in [5, 5.41) is 0. The fraction of sp³-hybridized carbons (Fsp3) is 0.744. The average Bonchev–Trinajstić information content (AvgIpc) is 3.26. The maximum absolute atomic E-state index is 13.2. The van der Waals surface area contributed by atoms with Gasteiger partial charge >= 0.3 is 0 Å². The molecule has 6 nitrogen and oxygen atoms in total. The molecule has 5 saturated carbocycles. The highest BCUT2D eigenvalue weighted by atomic mass is 79.9. The van der Waals surface area contributed by atoms with Crippen molar-refractivity contribution < 1.29 is 40.6 Å². The topological polar surface area (TPSA) is 53.6 Å². The Morgan fingerprint density at radius 1 is 1.04 bits per heavy atom. The fourth-order valence-electron chi connectivity index (χ4n) is 13.4. The van der Waals surface area contributed by atoms with Crippen LogP contribution in [0.3, 0.4) is 0 Å². The quantitative estimate of drug-likeness (QED) is 0.347. The Balaban J connectivity index is 0.00000312. The molecule has 7 heteroatoms. The number of ketones is 1. The fourth-order valence-corrected chi connectivity index (χ4v) is 13.4. The van der Waals surface area contributed by atoms with E-state index in [0.29, 0.717) is 52.7 Å². The largest absolute Gasteiger partial charge is 1.00 e. The number of benzene rings is 1. The minimum atomic E-state index is -0.341. The number of halogens is 1. The monoisotopic (exact) mass is 692 g/mol. The van der Waals surface area contributed by atoms with Crippen LogP contribution in [-0.2, 0) is 16.0 Å². The number of Topliss-reactive ketones (excluding diaryl/α,β-unsaturated/α-hetero) is 1. The van der Waals surface area contributed by atoms with Crippen molar-refractivity contribution in [2.24, 2.45) is 57.7 Å². The van der Waals surface area contributed by atoms with Gasteiger partial charge in [-0.3, -0.25) is 4.79 Å². The zero-order valence-electron chi connectivity index (χ0n) is 28.4. The highest BCUT2D eigenvalue weighted by Crippen LogP contribution is 2.84. The summed E-state index contributed by atoms with van der Waals surface area (Å²) in [6.07, 6.45) is 18.8. The Bertz CT molecular complexity index is 1500. The van der Waals surface area contributed by atoms with Gasteiger partial charge in [0.25, 0.3) is 0 Å². The summed E-state index contributed by atoms with van der Waals surface area (Å²) >= 11 is 0. The molecule has 2 aromatic rings. The van der Waals surface area contributed by atoms with E-state index in [0.717, 1.165) is 48.0 Å². The van der Waals surface area contributed by atoms with Gasteiger partial charge in [0.15, 0.2) is 12.3 Å². The number of carbonyl (C=O) groups excluding carboxylic acids is 1. The van der Waals surface area contributed by atoms with Crippen LogP contribution in [0.25, 0.3) is 0 Å². The first-order valence-corrected chi connectivity index (χ1v) is 18.2. The second-order valence-electron chi connectivity index (χ2n) is 17.2. The standard InChI is InChI=1S/C39H53N2O4.BrH/c1-24-10-15-39(44-22-24)25(2)35-33(45-39)19-31-29-18-34(38-20-27(38)11-14-37(38,4)30(29)12-13-36(31,35)3)41-17-16-40(23-41)21-32(42)26-6-8-28(43-5)9-7-26;/h6-9,16-17,23-25,27,29-31,33-35H,10-15,18-22H2,1-5H3;1H/q+1;/p-1/t24-,25+,27-,29-,30+,31+,33+,34+,35+,36+,37-,38+,39-;/m1./s1. The van der Waals surface area contributed by atoms with Crippen molar-refractivity contribution in [2.45, 2.75) is 110 Å². The van der Waals surface area contributed by atoms with Crippen molar-refractivity contribution in [1.29, 1.82) is 0 Å². The molecular formula is C39H53BrN2O4. The Labute approximate surface area is 285 Å². The molecule has 0 N–H and O–H groups in total. The Morgan fingerprint density at radius 3 is 2.57 bits per heavy atom. The number of nitrogens with zero attached hydrogens (tertiary/aromatic N) is 2. The third kappa shape index (κ3) is 4.12. The highest BCUT2D eigenvalue weighted by molar-refractivity contribution is 5.95. The van der Waals surface area contributed by atoms with Crippen LogP contribution >= 0.6 is 0 Å². The molecule has 13 atom stereocenters. The molecule has 1 aromatic heterocycles. The molecule has 3 heterocycles. The van der Waals surface area contributed by atoms with Crippen molar-refractivity contribution in [3.05, 3.63) is 48.5 Å². The van der Waals surface area contributed by atoms with Crippen LogP contribution in [0.2, 0.25) is 0 Å². The van der Waals surface area contributed by atoms with E-state index in [2.05, 4.69) is 55.6 Å². The van der Waals surface area contributed by atoms with Crippen molar-refractivity contribution in [3.8, 4) is 5.75 Å². The van der Waals surface area contributed by atoms with E-state index in [4.69, 9.17) is 14.2 Å². The molecule has 9 rings (SSSR count). The van der Waals surface area contributed by atoms with Crippen LogP contribution in [0, 0.1) is 57.7 Å². The molecule has 1 aromatic carbocycles. The van der Waals surface area contributed by atoms with E-state index in [9.17, 15) is 4.79 Å². The van der Waals surface area contributed by atoms with Crippen molar-refractivity contribution >= 4 is 5.78 Å². The van der Waals surface area contributed by atoms with Crippen molar-refractivity contribution in [2.75, 3.05) is 13.7 Å². The molecule has 2 saturated heterocycles. The Hall–Kier alpha value is -1.70. The van der Waals surface area contributed by atoms with Crippen molar-refractivity contribution in [3.63, 3.8) is 0 Å². The summed E-state index contributed by atoms with van der Waals surface area (Å²) in [6.45, 7) is 11.4. The van der Waals surface area contributed by atoms with Gasteiger partial charge in [0, 0.05) is 23.3 Å². The summed E-state index contributed by atoms with van der Waals surface area (Å²) in [4.78, 5) is 13.2. The number of hydrogen-bond acceptors (Lipinski definition) is 4. The van der Waals surface area contributed by atoms with E-state index in [1.165, 1.54) is 51.4 Å². The molecule has 0 radical (unpaired) electrons. The number of rotatable bonds is 5. The Kier molecular flexibility index (Phi) is 7.31. The molecule has 0 bridgehead atoms. The lowest BCUT2D eigenvalue weighted by molar-refractivity contribution is -0.682. The predicted octanol–water partition coefficient (Wildman–Crippen LogP) is 4.27. The third-order valence-electron chi connectivity index (χ3n) is 15.7. The van der Waals surface area contributed by atoms with E-state index < -0.39 is 0 Å². The molecule has 2 spiro atoms. The van der Waals surface area contributed by atoms with Gasteiger partial charge in [-0.1, -0.05) is 27.7 Å². The van der Waals surface area contributed by atoms with Crippen LogP contribution < -0.4 is 26.3 Å². The van der Waals surface area contributed by atoms with Gasteiger partial charge in [0.05, 0.1) is 19.8 Å².